The van der Waals surface area contributed by atoms with Gasteiger partial charge in [0.1, 0.15) is 0 Å². The van der Waals surface area contributed by atoms with E-state index < -0.39 is 18.5 Å². The Kier molecular flexibility index (Phi) is 6.39. The number of hydrogen-bond donors (Lipinski definition) is 1. The predicted molar refractivity (Wildman–Crippen MR) is 107 cm³/mol. The van der Waals surface area contributed by atoms with E-state index in [-0.39, 0.29) is 5.69 Å². The van der Waals surface area contributed by atoms with Crippen LogP contribution in [0.2, 0.25) is 0 Å². The number of nitrogens with zero attached hydrogens (tertiary/aromatic N) is 2. The van der Waals surface area contributed by atoms with Gasteiger partial charge in [0.05, 0.1) is 6.20 Å². The lowest BCUT2D eigenvalue weighted by Gasteiger charge is -2.08. The molecule has 0 fully saturated rings. The third-order valence-electron chi connectivity index (χ3n) is 3.96. The average molecular weight is 393 g/mol. The molecule has 0 radical (unpaired) electrons. The third-order valence-corrected chi connectivity index (χ3v) is 4.96. The number of nitrogens with one attached hydrogen (secondary N) is 1. The van der Waals surface area contributed by atoms with E-state index in [9.17, 15) is 9.59 Å². The largest absolute Gasteiger partial charge is 0.451 e. The molecule has 3 rings (SSSR count). The molecule has 142 valence electrons. The Labute approximate surface area is 167 Å². The van der Waals surface area contributed by atoms with Gasteiger partial charge in [0, 0.05) is 27.9 Å². The standard InChI is InChI=1S/C21H19N3O3S/c1-14-3-6-18(11-15(14)2)28-17-7-4-16(5-8-17)24-20(25)13-27-21(26)19-12-22-9-10-23-19/h3-12H,13H2,1-2H3,(H,24,25). The van der Waals surface area contributed by atoms with Crippen molar-refractivity contribution in [2.24, 2.45) is 0 Å². The van der Waals surface area contributed by atoms with Crippen LogP contribution in [0.3, 0.4) is 0 Å². The molecule has 2 aromatic carbocycles. The predicted octanol–water partition coefficient (Wildman–Crippen LogP) is 4.04. The Morgan fingerprint density at radius 2 is 1.75 bits per heavy atom. The summed E-state index contributed by atoms with van der Waals surface area (Å²) in [5.74, 6) is -1.12. The van der Waals surface area contributed by atoms with E-state index in [4.69, 9.17) is 4.74 Å². The first kappa shape index (κ1) is 19.6. The Balaban J connectivity index is 1.51. The molecule has 1 aromatic heterocycles. The zero-order valence-corrected chi connectivity index (χ0v) is 16.3. The summed E-state index contributed by atoms with van der Waals surface area (Å²) in [5.41, 5.74) is 3.21. The Morgan fingerprint density at radius 1 is 1.00 bits per heavy atom. The Bertz CT molecular complexity index is 976. The van der Waals surface area contributed by atoms with E-state index in [1.54, 1.807) is 11.8 Å². The van der Waals surface area contributed by atoms with E-state index >= 15 is 0 Å². The van der Waals surface area contributed by atoms with E-state index in [0.29, 0.717) is 5.69 Å². The molecule has 0 aliphatic rings. The highest BCUT2D eigenvalue weighted by atomic mass is 32.2. The van der Waals surface area contributed by atoms with Crippen LogP contribution in [0.25, 0.3) is 0 Å². The number of ether oxygens (including phenoxy) is 1. The van der Waals surface area contributed by atoms with Crippen LogP contribution in [0.1, 0.15) is 21.6 Å². The number of esters is 1. The lowest BCUT2D eigenvalue weighted by molar-refractivity contribution is -0.119. The van der Waals surface area contributed by atoms with Gasteiger partial charge in [-0.3, -0.25) is 9.78 Å². The highest BCUT2D eigenvalue weighted by Crippen LogP contribution is 2.29. The first-order valence-electron chi connectivity index (χ1n) is 8.59. The minimum absolute atomic E-state index is 0.0584. The van der Waals surface area contributed by atoms with Gasteiger partial charge < -0.3 is 10.1 Å². The van der Waals surface area contributed by atoms with Crippen molar-refractivity contribution in [3.8, 4) is 0 Å². The number of benzene rings is 2. The number of aromatic nitrogens is 2. The molecule has 28 heavy (non-hydrogen) atoms. The molecule has 0 saturated carbocycles. The van der Waals surface area contributed by atoms with E-state index in [0.717, 1.165) is 9.79 Å². The van der Waals surface area contributed by atoms with Crippen molar-refractivity contribution < 1.29 is 14.3 Å². The van der Waals surface area contributed by atoms with Crippen LogP contribution in [-0.4, -0.2) is 28.5 Å². The van der Waals surface area contributed by atoms with Crippen molar-refractivity contribution in [2.75, 3.05) is 11.9 Å². The molecule has 1 amide bonds. The second-order valence-corrected chi connectivity index (χ2v) is 7.23. The molecular formula is C21H19N3O3S. The fourth-order valence-corrected chi connectivity index (χ4v) is 3.24. The minimum atomic E-state index is -0.691. The molecule has 0 saturated heterocycles. The summed E-state index contributed by atoms with van der Waals surface area (Å²) in [6, 6.07) is 13.8. The molecule has 6 nitrogen and oxygen atoms in total. The Hall–Kier alpha value is -3.19. The van der Waals surface area contributed by atoms with Gasteiger partial charge >= 0.3 is 5.97 Å². The summed E-state index contributed by atoms with van der Waals surface area (Å²) in [6.45, 7) is 3.79. The number of hydrogen-bond acceptors (Lipinski definition) is 6. The fourth-order valence-electron chi connectivity index (χ4n) is 2.33. The molecule has 1 heterocycles. The van der Waals surface area contributed by atoms with Gasteiger partial charge in [0.15, 0.2) is 12.3 Å². The van der Waals surface area contributed by atoms with Gasteiger partial charge in [-0.05, 0) is 61.4 Å². The summed E-state index contributed by atoms with van der Waals surface area (Å²) in [7, 11) is 0. The third kappa shape index (κ3) is 5.40. The maximum absolute atomic E-state index is 12.0. The van der Waals surface area contributed by atoms with E-state index in [1.165, 1.54) is 29.7 Å². The highest BCUT2D eigenvalue weighted by molar-refractivity contribution is 7.99. The first-order chi connectivity index (χ1) is 13.5. The van der Waals surface area contributed by atoms with Crippen molar-refractivity contribution >= 4 is 29.3 Å². The van der Waals surface area contributed by atoms with Crippen LogP contribution in [0.4, 0.5) is 5.69 Å². The van der Waals surface area contributed by atoms with E-state index in [1.807, 2.05) is 24.3 Å². The van der Waals surface area contributed by atoms with Gasteiger partial charge in [-0.15, -0.1) is 0 Å². The Morgan fingerprint density at radius 3 is 2.43 bits per heavy atom. The van der Waals surface area contributed by atoms with Crippen LogP contribution >= 0.6 is 11.8 Å². The lowest BCUT2D eigenvalue weighted by atomic mass is 10.1. The highest BCUT2D eigenvalue weighted by Gasteiger charge is 2.11. The maximum atomic E-state index is 12.0. The fraction of sp³-hybridized carbons (Fsp3) is 0.143. The molecule has 0 bridgehead atoms. The summed E-state index contributed by atoms with van der Waals surface area (Å²) in [6.07, 6.45) is 4.12. The molecule has 0 spiro atoms. The number of carbonyl (C=O) groups excluding carboxylic acids is 2. The molecule has 3 aromatic rings. The SMILES string of the molecule is Cc1ccc(Sc2ccc(NC(=O)COC(=O)c3cnccn3)cc2)cc1C. The number of carbonyl (C=O) groups is 2. The molecule has 7 heteroatoms. The quantitative estimate of drug-likeness (QED) is 0.637. The van der Waals surface area contributed by atoms with Crippen molar-refractivity contribution in [3.05, 3.63) is 77.9 Å². The second kappa shape index (κ2) is 9.14. The number of anilines is 1. The van der Waals surface area contributed by atoms with Crippen LogP contribution in [0.15, 0.2) is 70.8 Å². The van der Waals surface area contributed by atoms with Gasteiger partial charge in [-0.1, -0.05) is 17.8 Å². The number of rotatable bonds is 6. The number of aryl methyl sites for hydroxylation is 2. The smallest absolute Gasteiger partial charge is 0.359 e. The van der Waals surface area contributed by atoms with Crippen LogP contribution in [0.5, 0.6) is 0 Å². The summed E-state index contributed by atoms with van der Waals surface area (Å²) in [4.78, 5) is 33.6. The normalized spacial score (nSPS) is 10.4. The molecule has 0 aliphatic heterocycles. The van der Waals surface area contributed by atoms with Gasteiger partial charge in [-0.2, -0.15) is 0 Å². The lowest BCUT2D eigenvalue weighted by Crippen LogP contribution is -2.21. The molecular weight excluding hydrogens is 374 g/mol. The van der Waals surface area contributed by atoms with Gasteiger partial charge in [0.25, 0.3) is 5.91 Å². The maximum Gasteiger partial charge on any atom is 0.359 e. The summed E-state index contributed by atoms with van der Waals surface area (Å²) < 4.78 is 4.93. The van der Waals surface area contributed by atoms with Gasteiger partial charge in [-0.25, -0.2) is 9.78 Å². The molecule has 1 N–H and O–H groups in total. The summed E-state index contributed by atoms with van der Waals surface area (Å²) >= 11 is 1.65. The topological polar surface area (TPSA) is 81.2 Å². The first-order valence-corrected chi connectivity index (χ1v) is 9.41. The number of amides is 1. The molecule has 0 aliphatic carbocycles. The monoisotopic (exact) mass is 393 g/mol. The van der Waals surface area contributed by atoms with Gasteiger partial charge in [0.2, 0.25) is 0 Å². The minimum Gasteiger partial charge on any atom is -0.451 e. The molecule has 0 unspecified atom stereocenters. The molecule has 0 atom stereocenters. The van der Waals surface area contributed by atoms with Crippen molar-refractivity contribution in [3.63, 3.8) is 0 Å². The zero-order valence-electron chi connectivity index (χ0n) is 15.5. The van der Waals surface area contributed by atoms with Crippen molar-refractivity contribution in [1.82, 2.24) is 9.97 Å². The van der Waals surface area contributed by atoms with Crippen molar-refractivity contribution in [1.29, 1.82) is 0 Å². The summed E-state index contributed by atoms with van der Waals surface area (Å²) in [5, 5.41) is 2.69. The second-order valence-electron chi connectivity index (χ2n) is 6.09. The van der Waals surface area contributed by atoms with Crippen LogP contribution in [0, 0.1) is 13.8 Å². The van der Waals surface area contributed by atoms with E-state index in [2.05, 4.69) is 47.3 Å². The van der Waals surface area contributed by atoms with Crippen molar-refractivity contribution in [2.45, 2.75) is 23.6 Å². The van der Waals surface area contributed by atoms with Crippen LogP contribution < -0.4 is 5.32 Å². The zero-order chi connectivity index (χ0) is 19.9. The van der Waals surface area contributed by atoms with Crippen LogP contribution in [-0.2, 0) is 9.53 Å². The average Bonchev–Trinajstić information content (AvgIpc) is 2.71.